The minimum Gasteiger partial charge on any atom is -0.508 e. The van der Waals surface area contributed by atoms with E-state index in [1.807, 2.05) is 13.0 Å². The summed E-state index contributed by atoms with van der Waals surface area (Å²) >= 11 is 5.79. The third kappa shape index (κ3) is 2.91. The summed E-state index contributed by atoms with van der Waals surface area (Å²) < 4.78 is 0. The van der Waals surface area contributed by atoms with Crippen LogP contribution in [-0.2, 0) is 0 Å². The van der Waals surface area contributed by atoms with Gasteiger partial charge in [0, 0.05) is 12.6 Å². The van der Waals surface area contributed by atoms with E-state index in [0.29, 0.717) is 5.56 Å². The van der Waals surface area contributed by atoms with Gasteiger partial charge in [0.05, 0.1) is 6.04 Å². The molecule has 1 aromatic carbocycles. The van der Waals surface area contributed by atoms with Crippen molar-refractivity contribution in [3.05, 3.63) is 58.9 Å². The summed E-state index contributed by atoms with van der Waals surface area (Å²) in [5.41, 5.74) is 0.965. The van der Waals surface area contributed by atoms with Crippen molar-refractivity contribution in [2.45, 2.75) is 13.0 Å². The van der Waals surface area contributed by atoms with Crippen LogP contribution in [0.5, 0.6) is 5.75 Å². The summed E-state index contributed by atoms with van der Waals surface area (Å²) in [4.78, 5) is 17.9. The third-order valence-corrected chi connectivity index (χ3v) is 3.43. The first kappa shape index (κ1) is 14.3. The molecule has 0 aliphatic carbocycles. The lowest BCUT2D eigenvalue weighted by Gasteiger charge is -2.25. The van der Waals surface area contributed by atoms with Gasteiger partial charge in [0.15, 0.2) is 0 Å². The van der Waals surface area contributed by atoms with Crippen molar-refractivity contribution in [3.63, 3.8) is 0 Å². The van der Waals surface area contributed by atoms with Gasteiger partial charge in [-0.15, -0.1) is 0 Å². The molecule has 1 heterocycles. The maximum Gasteiger partial charge on any atom is 0.272 e. The largest absolute Gasteiger partial charge is 0.508 e. The average Bonchev–Trinajstić information content (AvgIpc) is 2.45. The molecular formula is C15H15ClN2O2. The van der Waals surface area contributed by atoms with E-state index >= 15 is 0 Å². The average molecular weight is 291 g/mol. The number of pyridine rings is 1. The van der Waals surface area contributed by atoms with Crippen molar-refractivity contribution in [1.29, 1.82) is 0 Å². The Bertz CT molecular complexity index is 631. The number of phenols is 1. The fourth-order valence-electron chi connectivity index (χ4n) is 1.93. The number of rotatable bonds is 3. The first-order valence-corrected chi connectivity index (χ1v) is 6.56. The summed E-state index contributed by atoms with van der Waals surface area (Å²) in [5.74, 6) is -0.0815. The van der Waals surface area contributed by atoms with Crippen molar-refractivity contribution < 1.29 is 9.90 Å². The monoisotopic (exact) mass is 290 g/mol. The molecule has 0 spiro atoms. The number of amides is 1. The second-order valence-corrected chi connectivity index (χ2v) is 4.88. The summed E-state index contributed by atoms with van der Waals surface area (Å²) in [7, 11) is 1.67. The molecule has 1 N–H and O–H groups in total. The molecule has 0 saturated heterocycles. The van der Waals surface area contributed by atoms with Gasteiger partial charge in [0.25, 0.3) is 5.91 Å². The van der Waals surface area contributed by atoms with Crippen LogP contribution in [0.25, 0.3) is 0 Å². The van der Waals surface area contributed by atoms with Gasteiger partial charge in [-0.25, -0.2) is 4.98 Å². The Hall–Kier alpha value is -2.07. The van der Waals surface area contributed by atoms with Crippen molar-refractivity contribution in [1.82, 2.24) is 9.88 Å². The molecule has 0 radical (unpaired) electrons. The molecule has 0 bridgehead atoms. The minimum absolute atomic E-state index is 0.165. The number of carbonyl (C=O) groups excluding carboxylic acids is 1. The van der Waals surface area contributed by atoms with E-state index in [1.54, 1.807) is 43.4 Å². The Labute approximate surface area is 122 Å². The smallest absolute Gasteiger partial charge is 0.272 e. The van der Waals surface area contributed by atoms with Crippen LogP contribution in [0.1, 0.15) is 29.0 Å². The van der Waals surface area contributed by atoms with E-state index in [0.717, 1.165) is 0 Å². The number of halogens is 1. The maximum atomic E-state index is 12.3. The Balaban J connectivity index is 2.25. The van der Waals surface area contributed by atoms with Gasteiger partial charge in [-0.1, -0.05) is 35.9 Å². The van der Waals surface area contributed by atoms with Crippen molar-refractivity contribution in [3.8, 4) is 5.75 Å². The Morgan fingerprint density at radius 1 is 1.25 bits per heavy atom. The predicted molar refractivity (Wildman–Crippen MR) is 77.9 cm³/mol. The molecule has 2 aromatic rings. The molecule has 1 atom stereocenters. The molecule has 0 fully saturated rings. The Morgan fingerprint density at radius 2 is 1.95 bits per heavy atom. The van der Waals surface area contributed by atoms with Crippen LogP contribution in [0.4, 0.5) is 0 Å². The Kier molecular flexibility index (Phi) is 4.25. The molecule has 104 valence electrons. The van der Waals surface area contributed by atoms with Crippen LogP contribution in [0.3, 0.4) is 0 Å². The van der Waals surface area contributed by atoms with Gasteiger partial charge in [0.2, 0.25) is 0 Å². The highest BCUT2D eigenvalue weighted by Gasteiger charge is 2.21. The summed E-state index contributed by atoms with van der Waals surface area (Å²) in [6.07, 6.45) is 0. The van der Waals surface area contributed by atoms with Gasteiger partial charge in [-0.3, -0.25) is 4.79 Å². The summed E-state index contributed by atoms with van der Waals surface area (Å²) in [6.45, 7) is 1.84. The van der Waals surface area contributed by atoms with Crippen molar-refractivity contribution in [2.75, 3.05) is 7.05 Å². The molecule has 20 heavy (non-hydrogen) atoms. The number of benzene rings is 1. The van der Waals surface area contributed by atoms with Gasteiger partial charge < -0.3 is 10.0 Å². The molecule has 0 saturated carbocycles. The number of nitrogens with zero attached hydrogens (tertiary/aromatic N) is 2. The first-order valence-electron chi connectivity index (χ1n) is 6.18. The zero-order valence-electron chi connectivity index (χ0n) is 11.2. The summed E-state index contributed by atoms with van der Waals surface area (Å²) in [6, 6.07) is 11.6. The normalized spacial score (nSPS) is 11.9. The fourth-order valence-corrected chi connectivity index (χ4v) is 2.10. The predicted octanol–water partition coefficient (Wildman–Crippen LogP) is 3.27. The van der Waals surface area contributed by atoms with Gasteiger partial charge in [-0.2, -0.15) is 0 Å². The van der Waals surface area contributed by atoms with E-state index in [1.165, 1.54) is 4.90 Å². The maximum absolute atomic E-state index is 12.3. The number of phenolic OH excluding ortho intramolecular Hbond substituents is 1. The zero-order chi connectivity index (χ0) is 14.7. The number of carbonyl (C=O) groups is 1. The molecule has 4 nitrogen and oxygen atoms in total. The number of aromatic hydroxyl groups is 1. The lowest BCUT2D eigenvalue weighted by atomic mass is 10.1. The topological polar surface area (TPSA) is 53.4 Å². The molecule has 0 aliphatic rings. The lowest BCUT2D eigenvalue weighted by molar-refractivity contribution is 0.0735. The van der Waals surface area contributed by atoms with Crippen LogP contribution in [-0.4, -0.2) is 27.9 Å². The van der Waals surface area contributed by atoms with Crippen LogP contribution in [0, 0.1) is 0 Å². The molecule has 1 unspecified atom stereocenters. The van der Waals surface area contributed by atoms with Crippen LogP contribution in [0.2, 0.25) is 5.15 Å². The number of para-hydroxylation sites is 1. The van der Waals surface area contributed by atoms with E-state index in [2.05, 4.69) is 4.98 Å². The van der Waals surface area contributed by atoms with Crippen LogP contribution in [0.15, 0.2) is 42.5 Å². The SMILES string of the molecule is CC(c1ccccc1O)N(C)C(=O)c1cccc(Cl)n1. The minimum atomic E-state index is -0.274. The van der Waals surface area contributed by atoms with E-state index < -0.39 is 0 Å². The highest BCUT2D eigenvalue weighted by Crippen LogP contribution is 2.27. The summed E-state index contributed by atoms with van der Waals surface area (Å²) in [5, 5.41) is 10.1. The van der Waals surface area contributed by atoms with Crippen LogP contribution < -0.4 is 0 Å². The third-order valence-electron chi connectivity index (χ3n) is 3.22. The standard InChI is InChI=1S/C15H15ClN2O2/c1-10(11-6-3-4-8-13(11)19)18(2)15(20)12-7-5-9-14(16)17-12/h3-10,19H,1-2H3. The lowest BCUT2D eigenvalue weighted by Crippen LogP contribution is -2.30. The molecule has 2 rings (SSSR count). The highest BCUT2D eigenvalue weighted by atomic mass is 35.5. The fraction of sp³-hybridized carbons (Fsp3) is 0.200. The number of aromatic nitrogens is 1. The van der Waals surface area contributed by atoms with E-state index in [4.69, 9.17) is 11.6 Å². The molecule has 5 heteroatoms. The van der Waals surface area contributed by atoms with Gasteiger partial charge in [-0.05, 0) is 25.1 Å². The zero-order valence-corrected chi connectivity index (χ0v) is 12.0. The van der Waals surface area contributed by atoms with Crippen LogP contribution >= 0.6 is 11.6 Å². The van der Waals surface area contributed by atoms with Gasteiger partial charge >= 0.3 is 0 Å². The van der Waals surface area contributed by atoms with Crippen molar-refractivity contribution in [2.24, 2.45) is 0 Å². The molecular weight excluding hydrogens is 276 g/mol. The molecule has 0 aliphatic heterocycles. The quantitative estimate of drug-likeness (QED) is 0.883. The number of hydrogen-bond acceptors (Lipinski definition) is 3. The van der Waals surface area contributed by atoms with Gasteiger partial charge in [0.1, 0.15) is 16.6 Å². The van der Waals surface area contributed by atoms with E-state index in [-0.39, 0.29) is 28.5 Å². The first-order chi connectivity index (χ1) is 9.50. The van der Waals surface area contributed by atoms with Crippen molar-refractivity contribution >= 4 is 17.5 Å². The molecule has 1 amide bonds. The van der Waals surface area contributed by atoms with E-state index in [9.17, 15) is 9.90 Å². The number of hydrogen-bond donors (Lipinski definition) is 1. The highest BCUT2D eigenvalue weighted by molar-refractivity contribution is 6.29. The molecule has 1 aromatic heterocycles. The Morgan fingerprint density at radius 3 is 2.60 bits per heavy atom. The second kappa shape index (κ2) is 5.92. The second-order valence-electron chi connectivity index (χ2n) is 4.50.